The molecule has 1 unspecified atom stereocenters. The number of ether oxygens (including phenoxy) is 1. The van der Waals surface area contributed by atoms with Gasteiger partial charge in [0.1, 0.15) is 6.61 Å². The van der Waals surface area contributed by atoms with E-state index in [0.717, 1.165) is 11.1 Å². The molecule has 0 saturated carbocycles. The number of nitrogens with zero attached hydrogens (tertiary/aromatic N) is 1. The summed E-state index contributed by atoms with van der Waals surface area (Å²) < 4.78 is 19.5. The van der Waals surface area contributed by atoms with E-state index in [0.29, 0.717) is 5.56 Å². The highest BCUT2D eigenvalue weighted by atomic mass is 19.1. The standard InChI is InChI=1S/C17H17FN2O/c1-12(20-2)15-7-8-17(16(18)9-15)21-11-14-5-3-13(10-19)4-6-14/h3-9,12,20H,11H2,1-2H3. The number of rotatable bonds is 5. The van der Waals surface area contributed by atoms with Crippen LogP contribution in [0.1, 0.15) is 29.7 Å². The molecule has 0 aromatic heterocycles. The normalized spacial score (nSPS) is 11.7. The number of nitriles is 1. The Balaban J connectivity index is 2.04. The molecule has 0 bridgehead atoms. The minimum Gasteiger partial charge on any atom is -0.486 e. The van der Waals surface area contributed by atoms with Crippen LogP contribution in [0.3, 0.4) is 0 Å². The highest BCUT2D eigenvalue weighted by Crippen LogP contribution is 2.22. The summed E-state index contributed by atoms with van der Waals surface area (Å²) in [4.78, 5) is 0. The largest absolute Gasteiger partial charge is 0.486 e. The lowest BCUT2D eigenvalue weighted by atomic mass is 10.1. The number of benzene rings is 2. The van der Waals surface area contributed by atoms with Crippen LogP contribution >= 0.6 is 0 Å². The summed E-state index contributed by atoms with van der Waals surface area (Å²) in [7, 11) is 1.83. The minimum absolute atomic E-state index is 0.0899. The summed E-state index contributed by atoms with van der Waals surface area (Å²) in [6, 6.07) is 14.1. The molecule has 3 nitrogen and oxygen atoms in total. The molecule has 0 aliphatic rings. The second-order valence-corrected chi connectivity index (χ2v) is 4.80. The van der Waals surface area contributed by atoms with Crippen LogP contribution in [0, 0.1) is 17.1 Å². The average molecular weight is 284 g/mol. The van der Waals surface area contributed by atoms with Crippen LogP contribution in [0.2, 0.25) is 0 Å². The highest BCUT2D eigenvalue weighted by molar-refractivity contribution is 5.33. The molecule has 0 aliphatic carbocycles. The molecule has 1 N–H and O–H groups in total. The van der Waals surface area contributed by atoms with Gasteiger partial charge in [0.15, 0.2) is 11.6 Å². The maximum Gasteiger partial charge on any atom is 0.165 e. The first-order valence-electron chi connectivity index (χ1n) is 6.72. The van der Waals surface area contributed by atoms with Crippen molar-refractivity contribution in [2.45, 2.75) is 19.6 Å². The lowest BCUT2D eigenvalue weighted by Gasteiger charge is -2.13. The van der Waals surface area contributed by atoms with E-state index >= 15 is 0 Å². The van der Waals surface area contributed by atoms with Crippen LogP contribution in [0.15, 0.2) is 42.5 Å². The third kappa shape index (κ3) is 3.80. The van der Waals surface area contributed by atoms with Crippen molar-refractivity contribution in [2.24, 2.45) is 0 Å². The fourth-order valence-electron chi connectivity index (χ4n) is 1.91. The Labute approximate surface area is 124 Å². The molecule has 0 heterocycles. The molecule has 4 heteroatoms. The third-order valence-corrected chi connectivity index (χ3v) is 3.37. The van der Waals surface area contributed by atoms with Gasteiger partial charge in [-0.1, -0.05) is 18.2 Å². The van der Waals surface area contributed by atoms with Gasteiger partial charge in [0, 0.05) is 6.04 Å². The Hall–Kier alpha value is -2.38. The van der Waals surface area contributed by atoms with Gasteiger partial charge in [0.05, 0.1) is 11.6 Å². The SMILES string of the molecule is CNC(C)c1ccc(OCc2ccc(C#N)cc2)c(F)c1. The van der Waals surface area contributed by atoms with Crippen molar-refractivity contribution in [2.75, 3.05) is 7.05 Å². The monoisotopic (exact) mass is 284 g/mol. The van der Waals surface area contributed by atoms with Crippen molar-refractivity contribution < 1.29 is 9.13 Å². The third-order valence-electron chi connectivity index (χ3n) is 3.37. The molecule has 0 fully saturated rings. The lowest BCUT2D eigenvalue weighted by molar-refractivity contribution is 0.290. The molecule has 0 saturated heterocycles. The van der Waals surface area contributed by atoms with E-state index in [1.807, 2.05) is 20.0 Å². The van der Waals surface area contributed by atoms with Crippen molar-refractivity contribution in [3.63, 3.8) is 0 Å². The molecular weight excluding hydrogens is 267 g/mol. The van der Waals surface area contributed by atoms with E-state index in [4.69, 9.17) is 10.00 Å². The quantitative estimate of drug-likeness (QED) is 0.913. The molecule has 2 aromatic carbocycles. The summed E-state index contributed by atoms with van der Waals surface area (Å²) in [6.45, 7) is 2.23. The number of hydrogen-bond acceptors (Lipinski definition) is 3. The minimum atomic E-state index is -0.372. The van der Waals surface area contributed by atoms with Gasteiger partial charge in [-0.3, -0.25) is 0 Å². The van der Waals surface area contributed by atoms with E-state index in [2.05, 4.69) is 11.4 Å². The Kier molecular flexibility index (Phi) is 4.91. The molecular formula is C17H17FN2O. The zero-order chi connectivity index (χ0) is 15.2. The molecule has 0 radical (unpaired) electrons. The summed E-state index contributed by atoms with van der Waals surface area (Å²) in [5, 5.41) is 11.8. The molecule has 0 aliphatic heterocycles. The zero-order valence-electron chi connectivity index (χ0n) is 12.1. The molecule has 21 heavy (non-hydrogen) atoms. The Morgan fingerprint density at radius 3 is 2.52 bits per heavy atom. The highest BCUT2D eigenvalue weighted by Gasteiger charge is 2.08. The fourth-order valence-corrected chi connectivity index (χ4v) is 1.91. The predicted molar refractivity (Wildman–Crippen MR) is 79.4 cm³/mol. The number of hydrogen-bond donors (Lipinski definition) is 1. The molecule has 2 rings (SSSR count). The Bertz CT molecular complexity index is 647. The Morgan fingerprint density at radius 2 is 1.95 bits per heavy atom. The number of halogens is 1. The fraction of sp³-hybridized carbons (Fsp3) is 0.235. The summed E-state index contributed by atoms with van der Waals surface area (Å²) in [6.07, 6.45) is 0. The molecule has 2 aromatic rings. The lowest BCUT2D eigenvalue weighted by Crippen LogP contribution is -2.12. The Morgan fingerprint density at radius 1 is 1.24 bits per heavy atom. The second kappa shape index (κ2) is 6.87. The van der Waals surface area contributed by atoms with E-state index in [9.17, 15) is 4.39 Å². The van der Waals surface area contributed by atoms with Crippen LogP contribution in [0.25, 0.3) is 0 Å². The van der Waals surface area contributed by atoms with E-state index < -0.39 is 0 Å². The molecule has 1 atom stereocenters. The summed E-state index contributed by atoms with van der Waals surface area (Å²) >= 11 is 0. The first-order chi connectivity index (χ1) is 10.1. The maximum atomic E-state index is 14.0. The van der Waals surface area contributed by atoms with E-state index in [1.165, 1.54) is 6.07 Å². The van der Waals surface area contributed by atoms with Crippen molar-refractivity contribution in [1.29, 1.82) is 5.26 Å². The maximum absolute atomic E-state index is 14.0. The van der Waals surface area contributed by atoms with Gasteiger partial charge < -0.3 is 10.1 Å². The predicted octanol–water partition coefficient (Wildman–Crippen LogP) is 3.56. The smallest absolute Gasteiger partial charge is 0.165 e. The van der Waals surface area contributed by atoms with E-state index in [-0.39, 0.29) is 24.2 Å². The van der Waals surface area contributed by atoms with Gasteiger partial charge in [0.2, 0.25) is 0 Å². The number of nitrogens with one attached hydrogen (secondary N) is 1. The second-order valence-electron chi connectivity index (χ2n) is 4.80. The van der Waals surface area contributed by atoms with Crippen LogP contribution in [-0.2, 0) is 6.61 Å². The average Bonchev–Trinajstić information content (AvgIpc) is 2.53. The van der Waals surface area contributed by atoms with Crippen molar-refractivity contribution in [1.82, 2.24) is 5.32 Å². The van der Waals surface area contributed by atoms with Gasteiger partial charge in [-0.15, -0.1) is 0 Å². The van der Waals surface area contributed by atoms with Crippen molar-refractivity contribution >= 4 is 0 Å². The first-order valence-corrected chi connectivity index (χ1v) is 6.72. The molecule has 0 amide bonds. The van der Waals surface area contributed by atoms with Gasteiger partial charge in [-0.2, -0.15) is 5.26 Å². The summed E-state index contributed by atoms with van der Waals surface area (Å²) in [5.74, 6) is -0.144. The van der Waals surface area contributed by atoms with Crippen LogP contribution in [-0.4, -0.2) is 7.05 Å². The van der Waals surface area contributed by atoms with Gasteiger partial charge >= 0.3 is 0 Å². The van der Waals surface area contributed by atoms with Crippen LogP contribution in [0.4, 0.5) is 4.39 Å². The van der Waals surface area contributed by atoms with Crippen molar-refractivity contribution in [3.05, 3.63) is 65.0 Å². The molecule has 0 spiro atoms. The topological polar surface area (TPSA) is 45.0 Å². The van der Waals surface area contributed by atoms with Gasteiger partial charge in [0.25, 0.3) is 0 Å². The van der Waals surface area contributed by atoms with Crippen molar-refractivity contribution in [3.8, 4) is 11.8 Å². The van der Waals surface area contributed by atoms with E-state index in [1.54, 1.807) is 30.3 Å². The van der Waals surface area contributed by atoms with Crippen LogP contribution < -0.4 is 10.1 Å². The molecule has 108 valence electrons. The zero-order valence-corrected chi connectivity index (χ0v) is 12.1. The van der Waals surface area contributed by atoms with Crippen LogP contribution in [0.5, 0.6) is 5.75 Å². The first kappa shape index (κ1) is 15.0. The van der Waals surface area contributed by atoms with Gasteiger partial charge in [-0.05, 0) is 49.4 Å². The van der Waals surface area contributed by atoms with Gasteiger partial charge in [-0.25, -0.2) is 4.39 Å². The summed E-state index contributed by atoms with van der Waals surface area (Å²) in [5.41, 5.74) is 2.36.